The van der Waals surface area contributed by atoms with Crippen molar-refractivity contribution in [3.05, 3.63) is 41.0 Å². The number of ether oxygens (including phenoxy) is 1. The van der Waals surface area contributed by atoms with Gasteiger partial charge >= 0.3 is 0 Å². The molecule has 2 heterocycles. The summed E-state index contributed by atoms with van der Waals surface area (Å²) in [6.45, 7) is 0. The molecule has 3 aromatic rings. The maximum Gasteiger partial charge on any atom is 0.232 e. The van der Waals surface area contributed by atoms with E-state index in [1.165, 1.54) is 11.3 Å². The van der Waals surface area contributed by atoms with Crippen molar-refractivity contribution >= 4 is 38.8 Å². The fourth-order valence-corrected chi connectivity index (χ4v) is 2.78. The van der Waals surface area contributed by atoms with Crippen molar-refractivity contribution in [2.45, 2.75) is 0 Å². The lowest BCUT2D eigenvalue weighted by Crippen LogP contribution is -2.08. The van der Waals surface area contributed by atoms with Gasteiger partial charge < -0.3 is 9.64 Å². The van der Waals surface area contributed by atoms with Crippen LogP contribution in [0.25, 0.3) is 10.2 Å². The Labute approximate surface area is 125 Å². The molecule has 0 bridgehead atoms. The highest BCUT2D eigenvalue weighted by Crippen LogP contribution is 2.32. The third-order valence-electron chi connectivity index (χ3n) is 2.81. The molecule has 0 N–H and O–H groups in total. The second kappa shape index (κ2) is 5.26. The molecule has 1 aromatic carbocycles. The third-order valence-corrected chi connectivity index (χ3v) is 3.79. The van der Waals surface area contributed by atoms with E-state index in [0.29, 0.717) is 5.88 Å². The Morgan fingerprint density at radius 1 is 1.20 bits per heavy atom. The zero-order valence-corrected chi connectivity index (χ0v) is 12.6. The number of thiophene rings is 1. The van der Waals surface area contributed by atoms with Crippen molar-refractivity contribution in [1.29, 1.82) is 0 Å². The van der Waals surface area contributed by atoms with E-state index in [9.17, 15) is 0 Å². The first-order chi connectivity index (χ1) is 9.63. The fraction of sp³-hybridized carbons (Fsp3) is 0.143. The Balaban J connectivity index is 2.00. The van der Waals surface area contributed by atoms with Crippen molar-refractivity contribution in [3.63, 3.8) is 0 Å². The minimum Gasteiger partial charge on any atom is -0.438 e. The zero-order chi connectivity index (χ0) is 14.1. The topological polar surface area (TPSA) is 38.2 Å². The summed E-state index contributed by atoms with van der Waals surface area (Å²) in [5, 5.41) is 3.01. The van der Waals surface area contributed by atoms with Crippen LogP contribution in [0.4, 0.5) is 5.69 Å². The van der Waals surface area contributed by atoms with Gasteiger partial charge in [0.1, 0.15) is 10.6 Å². The Morgan fingerprint density at radius 3 is 2.85 bits per heavy atom. The SMILES string of the molecule is CN(C)c1cccc(Oc2nc(Cl)nc3sccc23)c1. The van der Waals surface area contributed by atoms with E-state index in [4.69, 9.17) is 16.3 Å². The van der Waals surface area contributed by atoms with Gasteiger partial charge in [-0.25, -0.2) is 4.98 Å². The fourth-order valence-electron chi connectivity index (χ4n) is 1.82. The first-order valence-corrected chi connectivity index (χ1v) is 7.25. The molecular weight excluding hydrogens is 294 g/mol. The van der Waals surface area contributed by atoms with Crippen molar-refractivity contribution in [2.24, 2.45) is 0 Å². The Morgan fingerprint density at radius 2 is 2.05 bits per heavy atom. The lowest BCUT2D eigenvalue weighted by molar-refractivity contribution is 0.468. The van der Waals surface area contributed by atoms with Crippen molar-refractivity contribution in [3.8, 4) is 11.6 Å². The Bertz CT molecular complexity index is 757. The summed E-state index contributed by atoms with van der Waals surface area (Å²) in [7, 11) is 3.97. The van der Waals surface area contributed by atoms with E-state index in [1.807, 2.05) is 54.7 Å². The molecule has 3 rings (SSSR count). The average Bonchev–Trinajstić information content (AvgIpc) is 2.87. The lowest BCUT2D eigenvalue weighted by atomic mass is 10.3. The van der Waals surface area contributed by atoms with Gasteiger partial charge in [0.25, 0.3) is 0 Å². The smallest absolute Gasteiger partial charge is 0.232 e. The predicted molar refractivity (Wildman–Crippen MR) is 83.3 cm³/mol. The van der Waals surface area contributed by atoms with E-state index < -0.39 is 0 Å². The first kappa shape index (κ1) is 13.1. The third kappa shape index (κ3) is 2.55. The van der Waals surface area contributed by atoms with Gasteiger partial charge in [-0.05, 0) is 35.2 Å². The molecule has 0 aliphatic carbocycles. The molecule has 20 heavy (non-hydrogen) atoms. The summed E-state index contributed by atoms with van der Waals surface area (Å²) in [6.07, 6.45) is 0. The average molecular weight is 306 g/mol. The van der Waals surface area contributed by atoms with Crippen LogP contribution in [0.15, 0.2) is 35.7 Å². The normalized spacial score (nSPS) is 10.8. The molecule has 0 unspecified atom stereocenters. The number of hydrogen-bond acceptors (Lipinski definition) is 5. The minimum absolute atomic E-state index is 0.193. The Hall–Kier alpha value is -1.85. The summed E-state index contributed by atoms with van der Waals surface area (Å²) >= 11 is 7.44. The van der Waals surface area contributed by atoms with E-state index in [2.05, 4.69) is 9.97 Å². The van der Waals surface area contributed by atoms with Crippen LogP contribution in [0.3, 0.4) is 0 Å². The maximum absolute atomic E-state index is 5.92. The van der Waals surface area contributed by atoms with Crippen LogP contribution in [0.1, 0.15) is 0 Å². The summed E-state index contributed by atoms with van der Waals surface area (Å²) in [5.41, 5.74) is 1.06. The molecule has 2 aromatic heterocycles. The zero-order valence-electron chi connectivity index (χ0n) is 11.0. The number of fused-ring (bicyclic) bond motifs is 1. The number of halogens is 1. The van der Waals surface area contributed by atoms with Gasteiger partial charge in [0, 0.05) is 25.8 Å². The number of aromatic nitrogens is 2. The van der Waals surface area contributed by atoms with Crippen LogP contribution in [0, 0.1) is 0 Å². The number of rotatable bonds is 3. The Kier molecular flexibility index (Phi) is 3.46. The molecule has 0 radical (unpaired) electrons. The number of anilines is 1. The van der Waals surface area contributed by atoms with Gasteiger partial charge in [-0.3, -0.25) is 0 Å². The largest absolute Gasteiger partial charge is 0.438 e. The minimum atomic E-state index is 0.193. The molecule has 0 saturated heterocycles. The van der Waals surface area contributed by atoms with Gasteiger partial charge in [0.05, 0.1) is 5.39 Å². The summed E-state index contributed by atoms with van der Waals surface area (Å²) in [4.78, 5) is 11.2. The highest BCUT2D eigenvalue weighted by Gasteiger charge is 2.10. The van der Waals surface area contributed by atoms with Gasteiger partial charge in [0.15, 0.2) is 0 Å². The van der Waals surface area contributed by atoms with Crippen LogP contribution >= 0.6 is 22.9 Å². The van der Waals surface area contributed by atoms with Crippen LogP contribution in [-0.2, 0) is 0 Å². The molecule has 0 aliphatic rings. The molecule has 0 amide bonds. The number of hydrogen-bond donors (Lipinski definition) is 0. The molecule has 0 fully saturated rings. The van der Waals surface area contributed by atoms with Crippen molar-refractivity contribution in [2.75, 3.05) is 19.0 Å². The van der Waals surface area contributed by atoms with E-state index >= 15 is 0 Å². The summed E-state index contributed by atoms with van der Waals surface area (Å²) in [5.74, 6) is 1.20. The van der Waals surface area contributed by atoms with Gasteiger partial charge in [-0.1, -0.05) is 6.07 Å². The standard InChI is InChI=1S/C14H12ClN3OS/c1-18(2)9-4-3-5-10(8-9)19-12-11-6-7-20-13(11)17-14(15)16-12/h3-8H,1-2H3. The molecule has 102 valence electrons. The van der Waals surface area contributed by atoms with Gasteiger partial charge in [-0.15, -0.1) is 11.3 Å². The van der Waals surface area contributed by atoms with Crippen molar-refractivity contribution < 1.29 is 4.74 Å². The predicted octanol–water partition coefficient (Wildman–Crippen LogP) is 4.20. The molecule has 6 heteroatoms. The highest BCUT2D eigenvalue weighted by atomic mass is 35.5. The van der Waals surface area contributed by atoms with E-state index in [1.54, 1.807) is 0 Å². The second-order valence-corrected chi connectivity index (χ2v) is 5.66. The summed E-state index contributed by atoms with van der Waals surface area (Å²) < 4.78 is 5.87. The first-order valence-electron chi connectivity index (χ1n) is 5.99. The number of benzene rings is 1. The molecule has 0 atom stereocenters. The van der Waals surface area contributed by atoms with Crippen LogP contribution in [0.2, 0.25) is 5.28 Å². The molecule has 0 aliphatic heterocycles. The van der Waals surface area contributed by atoms with E-state index in [-0.39, 0.29) is 5.28 Å². The van der Waals surface area contributed by atoms with Crippen LogP contribution in [-0.4, -0.2) is 24.1 Å². The lowest BCUT2D eigenvalue weighted by Gasteiger charge is -2.13. The molecule has 4 nitrogen and oxygen atoms in total. The molecule has 0 spiro atoms. The summed E-state index contributed by atoms with van der Waals surface area (Å²) in [6, 6.07) is 9.73. The molecular formula is C14H12ClN3OS. The quantitative estimate of drug-likeness (QED) is 0.680. The van der Waals surface area contributed by atoms with Crippen molar-refractivity contribution in [1.82, 2.24) is 9.97 Å². The van der Waals surface area contributed by atoms with Crippen LogP contribution in [0.5, 0.6) is 11.6 Å². The van der Waals surface area contributed by atoms with Gasteiger partial charge in [-0.2, -0.15) is 4.98 Å². The van der Waals surface area contributed by atoms with Gasteiger partial charge in [0.2, 0.25) is 11.2 Å². The maximum atomic E-state index is 5.92. The van der Waals surface area contributed by atoms with E-state index in [0.717, 1.165) is 21.7 Å². The second-order valence-electron chi connectivity index (χ2n) is 4.43. The van der Waals surface area contributed by atoms with Crippen LogP contribution < -0.4 is 9.64 Å². The highest BCUT2D eigenvalue weighted by molar-refractivity contribution is 7.16. The molecule has 0 saturated carbocycles. The number of nitrogens with zero attached hydrogens (tertiary/aromatic N) is 3. The monoisotopic (exact) mass is 305 g/mol.